The number of hydrogen-bond donors (Lipinski definition) is 2. The highest BCUT2D eigenvalue weighted by molar-refractivity contribution is 5.80. The third kappa shape index (κ3) is 3.36. The number of carbonyl (C=O) groups is 1. The van der Waals surface area contributed by atoms with Crippen LogP contribution >= 0.6 is 0 Å². The zero-order valence-corrected chi connectivity index (χ0v) is 8.81. The molecule has 0 aliphatic carbocycles. The molecule has 15 heavy (non-hydrogen) atoms. The van der Waals surface area contributed by atoms with Crippen molar-refractivity contribution < 1.29 is 9.90 Å². The first-order chi connectivity index (χ1) is 7.15. The molecule has 1 aromatic carbocycles. The fourth-order valence-corrected chi connectivity index (χ4v) is 1.27. The van der Waals surface area contributed by atoms with E-state index in [0.717, 1.165) is 5.56 Å². The number of carbonyl (C=O) groups excluding carboxylic acids is 1. The van der Waals surface area contributed by atoms with E-state index in [9.17, 15) is 9.90 Å². The summed E-state index contributed by atoms with van der Waals surface area (Å²) in [5.41, 5.74) is 1.02. The molecule has 1 radical (unpaired) electrons. The number of nitrogens with one attached hydrogen (secondary N) is 1. The number of benzene rings is 1. The molecule has 2 unspecified atom stereocenters. The van der Waals surface area contributed by atoms with E-state index in [1.807, 2.05) is 37.3 Å². The highest BCUT2D eigenvalue weighted by atomic mass is 16.3. The van der Waals surface area contributed by atoms with E-state index in [0.29, 0.717) is 0 Å². The summed E-state index contributed by atoms with van der Waals surface area (Å²) >= 11 is 0. The van der Waals surface area contributed by atoms with Crippen LogP contribution in [0, 0.1) is 6.92 Å². The first kappa shape index (κ1) is 11.7. The first-order valence-corrected chi connectivity index (χ1v) is 4.97. The molecular formula is C12H16NO2. The maximum Gasteiger partial charge on any atom is 0.249 e. The predicted molar refractivity (Wildman–Crippen MR) is 59.0 cm³/mol. The van der Waals surface area contributed by atoms with Crippen molar-refractivity contribution in [2.24, 2.45) is 0 Å². The zero-order chi connectivity index (χ0) is 11.3. The molecule has 0 fully saturated rings. The molecule has 1 rings (SSSR count). The Morgan fingerprint density at radius 3 is 2.60 bits per heavy atom. The Balaban J connectivity index is 2.56. The highest BCUT2D eigenvalue weighted by Crippen LogP contribution is 2.11. The van der Waals surface area contributed by atoms with Gasteiger partial charge in [0.25, 0.3) is 0 Å². The lowest BCUT2D eigenvalue weighted by Gasteiger charge is -2.16. The van der Waals surface area contributed by atoms with Crippen molar-refractivity contribution in [3.8, 4) is 0 Å². The number of hydrogen-bond acceptors (Lipinski definition) is 2. The minimum absolute atomic E-state index is 0.0973. The Bertz CT molecular complexity index is 311. The summed E-state index contributed by atoms with van der Waals surface area (Å²) in [6.07, 6.45) is -0.830. The average molecular weight is 206 g/mol. The van der Waals surface area contributed by atoms with Crippen LogP contribution in [0.15, 0.2) is 30.3 Å². The van der Waals surface area contributed by atoms with Crippen molar-refractivity contribution in [3.05, 3.63) is 42.8 Å². The third-order valence-electron chi connectivity index (χ3n) is 2.23. The van der Waals surface area contributed by atoms with Crippen LogP contribution in [0.25, 0.3) is 0 Å². The van der Waals surface area contributed by atoms with Gasteiger partial charge in [0.15, 0.2) is 0 Å². The quantitative estimate of drug-likeness (QED) is 0.783. The van der Waals surface area contributed by atoms with Gasteiger partial charge >= 0.3 is 0 Å². The molecule has 0 aromatic heterocycles. The normalized spacial score (nSPS) is 14.3. The predicted octanol–water partition coefficient (Wildman–Crippen LogP) is 1.45. The van der Waals surface area contributed by atoms with E-state index in [-0.39, 0.29) is 18.4 Å². The van der Waals surface area contributed by atoms with Gasteiger partial charge in [-0.3, -0.25) is 4.79 Å². The van der Waals surface area contributed by atoms with Crippen molar-refractivity contribution in [2.45, 2.75) is 25.5 Å². The Labute approximate surface area is 90.1 Å². The number of aliphatic hydroxyl groups is 1. The van der Waals surface area contributed by atoms with Gasteiger partial charge in [0, 0.05) is 0 Å². The van der Waals surface area contributed by atoms with Gasteiger partial charge < -0.3 is 10.4 Å². The van der Waals surface area contributed by atoms with E-state index in [1.165, 1.54) is 0 Å². The Morgan fingerprint density at radius 2 is 2.07 bits per heavy atom. The van der Waals surface area contributed by atoms with Gasteiger partial charge in [-0.15, -0.1) is 0 Å². The minimum Gasteiger partial charge on any atom is -0.383 e. The molecule has 1 aromatic rings. The molecule has 3 nitrogen and oxygen atoms in total. The van der Waals surface area contributed by atoms with E-state index >= 15 is 0 Å². The van der Waals surface area contributed by atoms with E-state index in [4.69, 9.17) is 0 Å². The van der Waals surface area contributed by atoms with E-state index in [2.05, 4.69) is 12.2 Å². The summed E-state index contributed by atoms with van der Waals surface area (Å²) in [6.45, 7) is 5.35. The van der Waals surface area contributed by atoms with Crippen LogP contribution in [0.4, 0.5) is 0 Å². The Morgan fingerprint density at radius 1 is 1.47 bits per heavy atom. The summed E-state index contributed by atoms with van der Waals surface area (Å²) in [4.78, 5) is 11.4. The Kier molecular flexibility index (Phi) is 4.31. The number of amides is 1. The van der Waals surface area contributed by atoms with Gasteiger partial charge in [-0.1, -0.05) is 37.3 Å². The van der Waals surface area contributed by atoms with Gasteiger partial charge in [0.2, 0.25) is 5.91 Å². The molecule has 1 amide bonds. The largest absolute Gasteiger partial charge is 0.383 e. The smallest absolute Gasteiger partial charge is 0.249 e. The van der Waals surface area contributed by atoms with Crippen LogP contribution in [0.3, 0.4) is 0 Å². The summed E-state index contributed by atoms with van der Waals surface area (Å²) < 4.78 is 0. The van der Waals surface area contributed by atoms with Crippen molar-refractivity contribution in [1.29, 1.82) is 0 Å². The summed E-state index contributed by atoms with van der Waals surface area (Å²) in [7, 11) is 0. The molecule has 3 heteroatoms. The van der Waals surface area contributed by atoms with Crippen LogP contribution in [-0.2, 0) is 4.79 Å². The molecule has 0 aliphatic rings. The lowest BCUT2D eigenvalue weighted by molar-refractivity contribution is -0.129. The van der Waals surface area contributed by atoms with Gasteiger partial charge in [0.1, 0.15) is 6.10 Å². The van der Waals surface area contributed by atoms with Crippen LogP contribution in [0.1, 0.15) is 24.9 Å². The van der Waals surface area contributed by atoms with Crippen molar-refractivity contribution in [3.63, 3.8) is 0 Å². The topological polar surface area (TPSA) is 49.3 Å². The third-order valence-corrected chi connectivity index (χ3v) is 2.23. The molecule has 0 saturated heterocycles. The fourth-order valence-electron chi connectivity index (χ4n) is 1.27. The van der Waals surface area contributed by atoms with Gasteiger partial charge in [0.05, 0.1) is 6.04 Å². The van der Waals surface area contributed by atoms with Gasteiger partial charge in [-0.2, -0.15) is 0 Å². The Hall–Kier alpha value is -1.35. The van der Waals surface area contributed by atoms with Crippen LogP contribution < -0.4 is 5.32 Å². The van der Waals surface area contributed by atoms with Crippen molar-refractivity contribution in [1.82, 2.24) is 5.32 Å². The van der Waals surface area contributed by atoms with Crippen LogP contribution in [0.5, 0.6) is 0 Å². The second-order valence-electron chi connectivity index (χ2n) is 3.45. The van der Waals surface area contributed by atoms with Crippen LogP contribution in [-0.4, -0.2) is 17.1 Å². The number of rotatable bonds is 4. The van der Waals surface area contributed by atoms with E-state index < -0.39 is 6.10 Å². The fraction of sp³-hybridized carbons (Fsp3) is 0.333. The molecule has 81 valence electrons. The maximum absolute atomic E-state index is 11.4. The molecule has 0 saturated carbocycles. The highest BCUT2D eigenvalue weighted by Gasteiger charge is 2.15. The minimum atomic E-state index is -1.02. The molecular weight excluding hydrogens is 190 g/mol. The van der Waals surface area contributed by atoms with Crippen molar-refractivity contribution in [2.75, 3.05) is 0 Å². The molecule has 2 atom stereocenters. The van der Waals surface area contributed by atoms with Crippen molar-refractivity contribution >= 4 is 5.91 Å². The monoisotopic (exact) mass is 206 g/mol. The second kappa shape index (κ2) is 5.51. The zero-order valence-electron chi connectivity index (χ0n) is 8.81. The molecule has 0 aliphatic heterocycles. The number of aliphatic hydroxyl groups excluding tert-OH is 1. The molecule has 0 bridgehead atoms. The molecule has 0 heterocycles. The molecule has 0 spiro atoms. The van der Waals surface area contributed by atoms with Crippen LogP contribution in [0.2, 0.25) is 0 Å². The van der Waals surface area contributed by atoms with E-state index in [1.54, 1.807) is 0 Å². The lowest BCUT2D eigenvalue weighted by Crippen LogP contribution is -2.35. The second-order valence-corrected chi connectivity index (χ2v) is 3.45. The standard InChI is InChI=1S/C12H16NO2/c1-3-11(14)12(15)13-9(2)10-7-5-4-6-8-10/h4-9,11,14H,1,3H2,2H3,(H,13,15). The van der Waals surface area contributed by atoms with Gasteiger partial charge in [-0.25, -0.2) is 0 Å². The average Bonchev–Trinajstić information content (AvgIpc) is 2.29. The SMILES string of the molecule is [CH2]CC(O)C(=O)NC(C)c1ccccc1. The summed E-state index contributed by atoms with van der Waals surface area (Å²) in [5, 5.41) is 12.0. The maximum atomic E-state index is 11.4. The summed E-state index contributed by atoms with van der Waals surface area (Å²) in [6, 6.07) is 9.51. The summed E-state index contributed by atoms with van der Waals surface area (Å²) in [5.74, 6) is -0.374. The first-order valence-electron chi connectivity index (χ1n) is 4.97. The van der Waals surface area contributed by atoms with Gasteiger partial charge in [-0.05, 0) is 18.9 Å². The molecule has 2 N–H and O–H groups in total. The lowest BCUT2D eigenvalue weighted by atomic mass is 10.1.